The molecule has 1 heterocycles. The molecule has 1 saturated carbocycles. The summed E-state index contributed by atoms with van der Waals surface area (Å²) in [5.74, 6) is -0.716. The van der Waals surface area contributed by atoms with Gasteiger partial charge < -0.3 is 0 Å². The van der Waals surface area contributed by atoms with Gasteiger partial charge in [-0.25, -0.2) is 4.72 Å². The molecule has 0 radical (unpaired) electrons. The first-order chi connectivity index (χ1) is 11.4. The molecule has 7 nitrogen and oxygen atoms in total. The lowest BCUT2D eigenvalue weighted by Gasteiger charge is -2.17. The van der Waals surface area contributed by atoms with Gasteiger partial charge in [0.25, 0.3) is 0 Å². The number of aromatic nitrogens is 2. The number of rotatable bonds is 6. The van der Waals surface area contributed by atoms with E-state index < -0.39 is 16.1 Å². The van der Waals surface area contributed by atoms with Crippen molar-refractivity contribution in [1.29, 1.82) is 0 Å². The van der Waals surface area contributed by atoms with Crippen molar-refractivity contribution in [1.82, 2.24) is 18.8 Å². The number of nitrogens with zero attached hydrogens (tertiary/aromatic N) is 3. The summed E-state index contributed by atoms with van der Waals surface area (Å²) in [5.41, 5.74) is 1.82. The monoisotopic (exact) mass is 348 g/mol. The number of benzene rings is 1. The molecule has 2 aromatic rings. The van der Waals surface area contributed by atoms with Crippen LogP contribution in [-0.4, -0.2) is 35.5 Å². The van der Waals surface area contributed by atoms with Gasteiger partial charge in [0.1, 0.15) is 0 Å². The van der Waals surface area contributed by atoms with Crippen LogP contribution in [0.5, 0.6) is 0 Å². The van der Waals surface area contributed by atoms with Crippen molar-refractivity contribution in [3.63, 3.8) is 0 Å². The Morgan fingerprint density at radius 2 is 2.08 bits per heavy atom. The van der Waals surface area contributed by atoms with E-state index in [1.165, 1.54) is 7.05 Å². The molecule has 1 N–H and O–H groups in total. The maximum atomic E-state index is 12.3. The molecule has 8 heteroatoms. The van der Waals surface area contributed by atoms with E-state index in [1.807, 2.05) is 43.6 Å². The minimum atomic E-state index is -3.85. The Hall–Kier alpha value is -2.19. The first-order valence-corrected chi connectivity index (χ1v) is 9.11. The summed E-state index contributed by atoms with van der Waals surface area (Å²) in [7, 11) is -0.588. The predicted octanol–water partition coefficient (Wildman–Crippen LogP) is 1.02. The standard InChI is InChI=1S/C16H20N4O3S/c1-19-11-13(9-17-19)14-8-15(14)16(21)18-24(22,23)20(2)10-12-6-4-3-5-7-12/h3-7,9,11,14-15H,8,10H2,1-2H3,(H,18,21)/t14-,15+/m1/s1. The molecule has 1 aliphatic carbocycles. The van der Waals surface area contributed by atoms with Crippen molar-refractivity contribution in [3.8, 4) is 0 Å². The smallest absolute Gasteiger partial charge is 0.276 e. The molecule has 0 aliphatic heterocycles. The van der Waals surface area contributed by atoms with Crippen molar-refractivity contribution in [2.75, 3.05) is 7.05 Å². The Morgan fingerprint density at radius 3 is 2.71 bits per heavy atom. The summed E-state index contributed by atoms with van der Waals surface area (Å²) < 4.78 is 29.6. The molecular weight excluding hydrogens is 328 g/mol. The van der Waals surface area contributed by atoms with Crippen molar-refractivity contribution in [2.24, 2.45) is 13.0 Å². The molecule has 0 spiro atoms. The molecule has 0 unspecified atom stereocenters. The fraction of sp³-hybridized carbons (Fsp3) is 0.375. The zero-order valence-corrected chi connectivity index (χ0v) is 14.4. The van der Waals surface area contributed by atoms with Gasteiger partial charge in [0, 0.05) is 32.8 Å². The fourth-order valence-electron chi connectivity index (χ4n) is 2.69. The van der Waals surface area contributed by atoms with E-state index in [9.17, 15) is 13.2 Å². The maximum Gasteiger partial charge on any atom is 0.303 e. The van der Waals surface area contributed by atoms with Crippen molar-refractivity contribution >= 4 is 16.1 Å². The summed E-state index contributed by atoms with van der Waals surface area (Å²) in [6, 6.07) is 9.24. The minimum absolute atomic E-state index is 0.0494. The summed E-state index contributed by atoms with van der Waals surface area (Å²) >= 11 is 0. The highest BCUT2D eigenvalue weighted by atomic mass is 32.2. The Bertz CT molecular complexity index is 832. The normalized spacial score (nSPS) is 20.1. The van der Waals surface area contributed by atoms with Crippen LogP contribution in [0.2, 0.25) is 0 Å². The average Bonchev–Trinajstić information content (AvgIpc) is 3.23. The van der Waals surface area contributed by atoms with Gasteiger partial charge >= 0.3 is 10.2 Å². The minimum Gasteiger partial charge on any atom is -0.276 e. The summed E-state index contributed by atoms with van der Waals surface area (Å²) in [6.07, 6.45) is 4.22. The van der Waals surface area contributed by atoms with Crippen LogP contribution in [0, 0.1) is 5.92 Å². The number of carbonyl (C=O) groups excluding carboxylic acids is 1. The van der Waals surface area contributed by atoms with E-state index in [4.69, 9.17) is 0 Å². The number of carbonyl (C=O) groups is 1. The van der Waals surface area contributed by atoms with Crippen molar-refractivity contribution in [3.05, 3.63) is 53.9 Å². The van der Waals surface area contributed by atoms with Crippen LogP contribution in [0.4, 0.5) is 0 Å². The average molecular weight is 348 g/mol. The molecule has 24 heavy (non-hydrogen) atoms. The van der Waals surface area contributed by atoms with Crippen LogP contribution in [0.15, 0.2) is 42.7 Å². The van der Waals surface area contributed by atoms with Gasteiger partial charge in [-0.3, -0.25) is 9.48 Å². The van der Waals surface area contributed by atoms with Crippen molar-refractivity contribution < 1.29 is 13.2 Å². The van der Waals surface area contributed by atoms with Crippen LogP contribution >= 0.6 is 0 Å². The molecule has 2 atom stereocenters. The first kappa shape index (κ1) is 16.7. The summed E-state index contributed by atoms with van der Waals surface area (Å²) in [6.45, 7) is 0.208. The number of nitrogens with one attached hydrogen (secondary N) is 1. The van der Waals surface area contributed by atoms with Gasteiger partial charge in [-0.05, 0) is 23.5 Å². The highest BCUT2D eigenvalue weighted by molar-refractivity contribution is 7.87. The Balaban J connectivity index is 1.59. The molecule has 1 amide bonds. The van der Waals surface area contributed by atoms with Crippen LogP contribution < -0.4 is 4.72 Å². The maximum absolute atomic E-state index is 12.3. The molecule has 1 aliphatic rings. The van der Waals surface area contributed by atoms with Crippen LogP contribution in [0.25, 0.3) is 0 Å². The van der Waals surface area contributed by atoms with Crippen LogP contribution in [0.3, 0.4) is 0 Å². The largest absolute Gasteiger partial charge is 0.303 e. The van der Waals surface area contributed by atoms with Crippen molar-refractivity contribution in [2.45, 2.75) is 18.9 Å². The number of hydrogen-bond acceptors (Lipinski definition) is 4. The summed E-state index contributed by atoms with van der Waals surface area (Å²) in [5, 5.41) is 4.08. The second-order valence-corrected chi connectivity index (χ2v) is 7.89. The van der Waals surface area contributed by atoms with Gasteiger partial charge in [-0.1, -0.05) is 30.3 Å². The molecule has 1 aromatic heterocycles. The van der Waals surface area contributed by atoms with Gasteiger partial charge in [0.05, 0.1) is 6.20 Å². The molecule has 1 aromatic carbocycles. The Kier molecular flexibility index (Phi) is 4.42. The highest BCUT2D eigenvalue weighted by Gasteiger charge is 2.46. The zero-order chi connectivity index (χ0) is 17.3. The third-order valence-corrected chi connectivity index (χ3v) is 5.58. The Labute approximate surface area is 141 Å². The van der Waals surface area contributed by atoms with Gasteiger partial charge in [0.15, 0.2) is 0 Å². The first-order valence-electron chi connectivity index (χ1n) is 7.67. The zero-order valence-electron chi connectivity index (χ0n) is 13.6. The lowest BCUT2D eigenvalue weighted by atomic mass is 10.2. The topological polar surface area (TPSA) is 84.3 Å². The number of hydrogen-bond donors (Lipinski definition) is 1. The molecule has 3 rings (SSSR count). The van der Waals surface area contributed by atoms with E-state index >= 15 is 0 Å². The van der Waals surface area contributed by atoms with E-state index in [1.54, 1.807) is 10.9 Å². The third-order valence-electron chi connectivity index (χ3n) is 4.17. The molecular formula is C16H20N4O3S. The molecule has 128 valence electrons. The number of amides is 1. The predicted molar refractivity (Wildman–Crippen MR) is 89.0 cm³/mol. The molecule has 1 fully saturated rings. The van der Waals surface area contributed by atoms with E-state index in [-0.39, 0.29) is 18.4 Å². The fourth-order valence-corrected chi connectivity index (χ4v) is 3.57. The van der Waals surface area contributed by atoms with Crippen LogP contribution in [0.1, 0.15) is 23.5 Å². The molecule has 0 saturated heterocycles. The SMILES string of the molecule is CN(Cc1ccccc1)S(=O)(=O)NC(=O)[C@H]1C[C@@H]1c1cnn(C)c1. The second-order valence-electron chi connectivity index (χ2n) is 6.11. The van der Waals surface area contributed by atoms with Crippen LogP contribution in [-0.2, 0) is 28.6 Å². The third kappa shape index (κ3) is 3.65. The van der Waals surface area contributed by atoms with E-state index in [0.717, 1.165) is 15.4 Å². The Morgan fingerprint density at radius 1 is 1.38 bits per heavy atom. The van der Waals surface area contributed by atoms with Gasteiger partial charge in [-0.15, -0.1) is 0 Å². The lowest BCUT2D eigenvalue weighted by Crippen LogP contribution is -2.41. The molecule has 0 bridgehead atoms. The van der Waals surface area contributed by atoms with E-state index in [0.29, 0.717) is 6.42 Å². The lowest BCUT2D eigenvalue weighted by molar-refractivity contribution is -0.120. The quantitative estimate of drug-likeness (QED) is 0.845. The second kappa shape index (κ2) is 6.37. The van der Waals surface area contributed by atoms with Gasteiger partial charge in [-0.2, -0.15) is 17.8 Å². The highest BCUT2D eigenvalue weighted by Crippen LogP contribution is 2.47. The summed E-state index contributed by atoms with van der Waals surface area (Å²) in [4.78, 5) is 12.2. The number of aryl methyl sites for hydroxylation is 1. The van der Waals surface area contributed by atoms with Gasteiger partial charge in [0.2, 0.25) is 5.91 Å². The van der Waals surface area contributed by atoms with E-state index in [2.05, 4.69) is 9.82 Å².